The molecule has 2 rings (SSSR count). The highest BCUT2D eigenvalue weighted by Crippen LogP contribution is 2.21. The molecular weight excluding hydrogens is 232 g/mol. The first-order valence-corrected chi connectivity index (χ1v) is 4.59. The van der Waals surface area contributed by atoms with Crippen LogP contribution in [0.15, 0.2) is 33.5 Å². The summed E-state index contributed by atoms with van der Waals surface area (Å²) in [6.45, 7) is 1.82. The molecule has 13 heavy (non-hydrogen) atoms. The van der Waals surface area contributed by atoms with Gasteiger partial charge in [0.1, 0.15) is 4.60 Å². The van der Waals surface area contributed by atoms with Gasteiger partial charge in [0.05, 0.1) is 6.20 Å². The van der Waals surface area contributed by atoms with Crippen LogP contribution in [0.4, 0.5) is 0 Å². The zero-order valence-corrected chi connectivity index (χ0v) is 8.58. The predicted molar refractivity (Wildman–Crippen MR) is 52.2 cm³/mol. The van der Waals surface area contributed by atoms with Crippen LogP contribution in [0.2, 0.25) is 0 Å². The van der Waals surface area contributed by atoms with Gasteiger partial charge in [-0.25, -0.2) is 9.97 Å². The van der Waals surface area contributed by atoms with E-state index in [2.05, 4.69) is 25.9 Å². The number of aromatic nitrogens is 2. The molecule has 0 atom stereocenters. The van der Waals surface area contributed by atoms with Crippen molar-refractivity contribution in [2.24, 2.45) is 0 Å². The Morgan fingerprint density at radius 3 is 2.85 bits per heavy atom. The molecule has 0 saturated heterocycles. The Morgan fingerprint density at radius 1 is 1.38 bits per heavy atom. The quantitative estimate of drug-likeness (QED) is 0.718. The van der Waals surface area contributed by atoms with E-state index in [-0.39, 0.29) is 0 Å². The van der Waals surface area contributed by atoms with E-state index in [0.29, 0.717) is 5.89 Å². The zero-order valence-electron chi connectivity index (χ0n) is 6.99. The van der Waals surface area contributed by atoms with E-state index in [9.17, 15) is 0 Å². The third kappa shape index (κ3) is 1.78. The van der Waals surface area contributed by atoms with Crippen LogP contribution in [0.1, 0.15) is 5.89 Å². The second kappa shape index (κ2) is 3.30. The summed E-state index contributed by atoms with van der Waals surface area (Å²) in [4.78, 5) is 8.05. The topological polar surface area (TPSA) is 38.9 Å². The Bertz CT molecular complexity index is 425. The molecule has 2 heterocycles. The molecule has 2 aromatic heterocycles. The van der Waals surface area contributed by atoms with Gasteiger partial charge in [-0.05, 0) is 28.1 Å². The molecule has 66 valence electrons. The lowest BCUT2D eigenvalue weighted by Gasteiger charge is -1.94. The number of aryl methyl sites for hydroxylation is 1. The fraction of sp³-hybridized carbons (Fsp3) is 0.111. The maximum atomic E-state index is 5.36. The summed E-state index contributed by atoms with van der Waals surface area (Å²) in [6.07, 6.45) is 3.42. The number of pyridine rings is 1. The molecule has 0 N–H and O–H groups in total. The predicted octanol–water partition coefficient (Wildman–Crippen LogP) is 2.81. The molecule has 0 spiro atoms. The summed E-state index contributed by atoms with van der Waals surface area (Å²) in [5.41, 5.74) is 0.975. The fourth-order valence-corrected chi connectivity index (χ4v) is 1.42. The van der Waals surface area contributed by atoms with Crippen LogP contribution in [0.5, 0.6) is 0 Å². The van der Waals surface area contributed by atoms with Crippen LogP contribution < -0.4 is 0 Å². The van der Waals surface area contributed by atoms with Gasteiger partial charge in [-0.1, -0.05) is 0 Å². The SMILES string of the molecule is Cc1ncc(-c2ccnc(Br)c2)o1. The van der Waals surface area contributed by atoms with Crippen LogP contribution in [0, 0.1) is 6.92 Å². The minimum Gasteiger partial charge on any atom is -0.441 e. The van der Waals surface area contributed by atoms with Crippen molar-refractivity contribution in [2.45, 2.75) is 6.92 Å². The highest BCUT2D eigenvalue weighted by Gasteiger charge is 2.03. The number of halogens is 1. The average Bonchev–Trinajstić information content (AvgIpc) is 2.52. The molecule has 2 aromatic rings. The fourth-order valence-electron chi connectivity index (χ4n) is 1.05. The van der Waals surface area contributed by atoms with Crippen molar-refractivity contribution in [1.82, 2.24) is 9.97 Å². The number of rotatable bonds is 1. The number of hydrogen-bond donors (Lipinski definition) is 0. The van der Waals surface area contributed by atoms with Gasteiger partial charge in [-0.15, -0.1) is 0 Å². The zero-order chi connectivity index (χ0) is 9.26. The molecule has 0 aromatic carbocycles. The number of nitrogens with zero attached hydrogens (tertiary/aromatic N) is 2. The minimum absolute atomic E-state index is 0.669. The van der Waals surface area contributed by atoms with Crippen molar-refractivity contribution in [2.75, 3.05) is 0 Å². The van der Waals surface area contributed by atoms with Crippen molar-refractivity contribution in [3.05, 3.63) is 35.0 Å². The molecule has 0 fully saturated rings. The van der Waals surface area contributed by atoms with Crippen molar-refractivity contribution in [1.29, 1.82) is 0 Å². The van der Waals surface area contributed by atoms with Crippen LogP contribution >= 0.6 is 15.9 Å². The third-order valence-corrected chi connectivity index (χ3v) is 2.07. The van der Waals surface area contributed by atoms with Gasteiger partial charge in [0, 0.05) is 18.7 Å². The molecule has 3 nitrogen and oxygen atoms in total. The first kappa shape index (κ1) is 8.44. The first-order chi connectivity index (χ1) is 6.25. The van der Waals surface area contributed by atoms with E-state index < -0.39 is 0 Å². The highest BCUT2D eigenvalue weighted by atomic mass is 79.9. The van der Waals surface area contributed by atoms with Crippen molar-refractivity contribution in [3.8, 4) is 11.3 Å². The second-order valence-corrected chi connectivity index (χ2v) is 3.42. The van der Waals surface area contributed by atoms with E-state index in [1.54, 1.807) is 12.4 Å². The van der Waals surface area contributed by atoms with Crippen LogP contribution in [-0.4, -0.2) is 9.97 Å². The van der Waals surface area contributed by atoms with Gasteiger partial charge in [-0.2, -0.15) is 0 Å². The molecule has 0 unspecified atom stereocenters. The van der Waals surface area contributed by atoms with Gasteiger partial charge < -0.3 is 4.42 Å². The van der Waals surface area contributed by atoms with Crippen LogP contribution in [0.25, 0.3) is 11.3 Å². The summed E-state index contributed by atoms with van der Waals surface area (Å²) in [6, 6.07) is 3.77. The van der Waals surface area contributed by atoms with E-state index >= 15 is 0 Å². The van der Waals surface area contributed by atoms with Crippen molar-refractivity contribution >= 4 is 15.9 Å². The summed E-state index contributed by atoms with van der Waals surface area (Å²) in [7, 11) is 0. The largest absolute Gasteiger partial charge is 0.441 e. The highest BCUT2D eigenvalue weighted by molar-refractivity contribution is 9.10. The molecule has 0 bridgehead atoms. The number of hydrogen-bond acceptors (Lipinski definition) is 3. The molecular formula is C9H7BrN2O. The minimum atomic E-state index is 0.669. The Kier molecular flexibility index (Phi) is 2.14. The van der Waals surface area contributed by atoms with Crippen LogP contribution in [-0.2, 0) is 0 Å². The molecule has 0 saturated carbocycles. The van der Waals surface area contributed by atoms with Gasteiger partial charge in [0.15, 0.2) is 11.7 Å². The van der Waals surface area contributed by atoms with E-state index in [1.165, 1.54) is 0 Å². The lowest BCUT2D eigenvalue weighted by molar-refractivity contribution is 0.534. The maximum Gasteiger partial charge on any atom is 0.191 e. The first-order valence-electron chi connectivity index (χ1n) is 3.80. The molecule has 0 aliphatic heterocycles. The van der Waals surface area contributed by atoms with Gasteiger partial charge in [-0.3, -0.25) is 0 Å². The van der Waals surface area contributed by atoms with Crippen molar-refractivity contribution in [3.63, 3.8) is 0 Å². The monoisotopic (exact) mass is 238 g/mol. The number of oxazole rings is 1. The Morgan fingerprint density at radius 2 is 2.23 bits per heavy atom. The summed E-state index contributed by atoms with van der Waals surface area (Å²) >= 11 is 3.29. The van der Waals surface area contributed by atoms with Gasteiger partial charge >= 0.3 is 0 Å². The lowest BCUT2D eigenvalue weighted by Crippen LogP contribution is -1.76. The van der Waals surface area contributed by atoms with E-state index in [0.717, 1.165) is 15.9 Å². The molecule has 4 heteroatoms. The lowest BCUT2D eigenvalue weighted by atomic mass is 10.2. The van der Waals surface area contributed by atoms with E-state index in [4.69, 9.17) is 4.42 Å². The molecule has 0 amide bonds. The van der Waals surface area contributed by atoms with Gasteiger partial charge in [0.25, 0.3) is 0 Å². The molecule has 0 aliphatic carbocycles. The second-order valence-electron chi connectivity index (χ2n) is 2.61. The smallest absolute Gasteiger partial charge is 0.191 e. The van der Waals surface area contributed by atoms with Gasteiger partial charge in [0.2, 0.25) is 0 Å². The maximum absolute atomic E-state index is 5.36. The third-order valence-electron chi connectivity index (χ3n) is 1.63. The Labute approximate surface area is 84.0 Å². The summed E-state index contributed by atoms with van der Waals surface area (Å²) in [5, 5.41) is 0. The Hall–Kier alpha value is -1.16. The summed E-state index contributed by atoms with van der Waals surface area (Å²) < 4.78 is 6.16. The Balaban J connectivity index is 2.46. The van der Waals surface area contributed by atoms with E-state index in [1.807, 2.05) is 19.1 Å². The molecule has 0 radical (unpaired) electrons. The normalized spacial score (nSPS) is 10.3. The molecule has 0 aliphatic rings. The van der Waals surface area contributed by atoms with Crippen molar-refractivity contribution < 1.29 is 4.42 Å². The van der Waals surface area contributed by atoms with Crippen LogP contribution in [0.3, 0.4) is 0 Å². The summed E-state index contributed by atoms with van der Waals surface area (Å²) in [5.74, 6) is 1.43. The standard InChI is InChI=1S/C9H7BrN2O/c1-6-12-5-8(13-6)7-2-3-11-9(10)4-7/h2-5H,1H3. The average molecular weight is 239 g/mol.